The zero-order chi connectivity index (χ0) is 15.5. The van der Waals surface area contributed by atoms with Crippen molar-refractivity contribution in [2.45, 2.75) is 6.42 Å². The highest BCUT2D eigenvalue weighted by Crippen LogP contribution is 2.30. The molecule has 3 heterocycles. The number of H-pyrrole nitrogens is 1. The van der Waals surface area contributed by atoms with Crippen LogP contribution in [0.1, 0.15) is 6.42 Å². The smallest absolute Gasteiger partial charge is 0.138 e. The van der Waals surface area contributed by atoms with E-state index in [0.29, 0.717) is 32.2 Å². The maximum atomic E-state index is 5.80. The molecule has 1 N–H and O–H groups in total. The van der Waals surface area contributed by atoms with Crippen LogP contribution in [-0.4, -0.2) is 41.6 Å². The lowest BCUT2D eigenvalue weighted by Crippen LogP contribution is -2.09. The molecule has 6 heteroatoms. The first kappa shape index (κ1) is 14.0. The van der Waals surface area contributed by atoms with Crippen molar-refractivity contribution in [3.63, 3.8) is 0 Å². The lowest BCUT2D eigenvalue weighted by atomic mass is 10.1. The van der Waals surface area contributed by atoms with E-state index in [1.54, 1.807) is 12.4 Å². The van der Waals surface area contributed by atoms with Gasteiger partial charge in [-0.15, -0.1) is 0 Å². The van der Waals surface area contributed by atoms with Crippen LogP contribution in [0.5, 0.6) is 11.5 Å². The number of hydrogen-bond acceptors (Lipinski definition) is 5. The van der Waals surface area contributed by atoms with Crippen molar-refractivity contribution in [3.8, 4) is 22.8 Å². The average Bonchev–Trinajstić information content (AvgIpc) is 3.00. The Morgan fingerprint density at radius 2 is 1.87 bits per heavy atom. The molecule has 0 aliphatic carbocycles. The molecule has 0 atom stereocenters. The molecule has 0 unspecified atom stereocenters. The Labute approximate surface area is 133 Å². The molecule has 4 bridgehead atoms. The van der Waals surface area contributed by atoms with Crippen LogP contribution in [-0.2, 0) is 4.74 Å². The number of aromatic amines is 1. The molecule has 3 aromatic rings. The Bertz CT molecular complexity index is 816. The zero-order valence-electron chi connectivity index (χ0n) is 12.6. The third-order valence-electron chi connectivity index (χ3n) is 3.72. The Hall–Kier alpha value is -2.60. The molecule has 1 aromatic carbocycles. The van der Waals surface area contributed by atoms with Crippen LogP contribution < -0.4 is 9.47 Å². The van der Waals surface area contributed by atoms with Crippen molar-refractivity contribution in [1.82, 2.24) is 15.2 Å². The fraction of sp³-hybridized carbons (Fsp3) is 0.294. The van der Waals surface area contributed by atoms with Gasteiger partial charge >= 0.3 is 0 Å². The Balaban J connectivity index is 1.78. The van der Waals surface area contributed by atoms with Crippen LogP contribution in [0.3, 0.4) is 0 Å². The van der Waals surface area contributed by atoms with E-state index in [2.05, 4.69) is 15.2 Å². The molecule has 1 aliphatic rings. The van der Waals surface area contributed by atoms with Gasteiger partial charge in [0.05, 0.1) is 24.9 Å². The lowest BCUT2D eigenvalue weighted by molar-refractivity contribution is 0.0904. The molecule has 0 amide bonds. The molecule has 118 valence electrons. The van der Waals surface area contributed by atoms with Gasteiger partial charge in [-0.2, -0.15) is 5.10 Å². The van der Waals surface area contributed by atoms with Gasteiger partial charge in [-0.1, -0.05) is 0 Å². The monoisotopic (exact) mass is 311 g/mol. The fourth-order valence-corrected chi connectivity index (χ4v) is 2.60. The first-order chi connectivity index (χ1) is 11.4. The summed E-state index contributed by atoms with van der Waals surface area (Å²) in [5.41, 5.74) is 2.71. The van der Waals surface area contributed by atoms with Crippen LogP contribution >= 0.6 is 0 Å². The number of nitrogens with one attached hydrogen (secondary N) is 1. The quantitative estimate of drug-likeness (QED) is 0.691. The van der Waals surface area contributed by atoms with Gasteiger partial charge in [0.15, 0.2) is 0 Å². The van der Waals surface area contributed by atoms with Crippen molar-refractivity contribution in [2.75, 3.05) is 26.4 Å². The summed E-state index contributed by atoms with van der Waals surface area (Å²) in [5.74, 6) is 1.54. The van der Waals surface area contributed by atoms with E-state index in [9.17, 15) is 0 Å². The lowest BCUT2D eigenvalue weighted by Gasteiger charge is -2.08. The standard InChI is InChI=1S/C17H17N3O3/c1-4-21-6-7-23-14-8-12(10-18-11-14)17-15-9-13(22-5-1)2-3-16(15)19-20-17/h2-3,8-11H,1,4-7H2,(H,19,20). The molecule has 6 nitrogen and oxygen atoms in total. The Morgan fingerprint density at radius 1 is 0.913 bits per heavy atom. The van der Waals surface area contributed by atoms with Gasteiger partial charge < -0.3 is 14.2 Å². The molecule has 2 aromatic heterocycles. The molecule has 4 rings (SSSR count). The van der Waals surface area contributed by atoms with E-state index in [0.717, 1.165) is 34.3 Å². The van der Waals surface area contributed by atoms with Crippen LogP contribution in [0.25, 0.3) is 22.2 Å². The predicted molar refractivity (Wildman–Crippen MR) is 85.8 cm³/mol. The number of aromatic nitrogens is 3. The second kappa shape index (κ2) is 6.26. The Morgan fingerprint density at radius 3 is 2.87 bits per heavy atom. The number of hydrogen-bond donors (Lipinski definition) is 1. The van der Waals surface area contributed by atoms with E-state index >= 15 is 0 Å². The summed E-state index contributed by atoms with van der Waals surface area (Å²) in [5, 5.41) is 8.48. The fourth-order valence-electron chi connectivity index (χ4n) is 2.60. The molecule has 0 saturated heterocycles. The summed E-state index contributed by atoms with van der Waals surface area (Å²) in [6.45, 7) is 2.32. The zero-order valence-corrected chi connectivity index (χ0v) is 12.6. The normalized spacial score (nSPS) is 15.5. The van der Waals surface area contributed by atoms with Crippen molar-refractivity contribution >= 4 is 10.9 Å². The Kier molecular flexibility index (Phi) is 3.81. The highest BCUT2D eigenvalue weighted by molar-refractivity contribution is 5.93. The van der Waals surface area contributed by atoms with Crippen molar-refractivity contribution in [1.29, 1.82) is 0 Å². The van der Waals surface area contributed by atoms with E-state index in [1.165, 1.54) is 0 Å². The second-order valence-corrected chi connectivity index (χ2v) is 5.35. The van der Waals surface area contributed by atoms with Crippen LogP contribution in [0, 0.1) is 0 Å². The topological polar surface area (TPSA) is 69.3 Å². The summed E-state index contributed by atoms with van der Waals surface area (Å²) in [6, 6.07) is 7.86. The SMILES string of the molecule is c1cc2[nH]nc3c2cc1OCCCOCCOc1cncc-3c1. The van der Waals surface area contributed by atoms with Crippen molar-refractivity contribution in [2.24, 2.45) is 0 Å². The number of nitrogens with zero attached hydrogens (tertiary/aromatic N) is 2. The minimum Gasteiger partial charge on any atom is -0.493 e. The third kappa shape index (κ3) is 2.98. The molecule has 0 spiro atoms. The molecular formula is C17H17N3O3. The predicted octanol–water partition coefficient (Wildman–Crippen LogP) is 2.80. The van der Waals surface area contributed by atoms with Gasteiger partial charge in [0.25, 0.3) is 0 Å². The van der Waals surface area contributed by atoms with E-state index in [4.69, 9.17) is 14.2 Å². The van der Waals surface area contributed by atoms with Crippen molar-refractivity contribution in [3.05, 3.63) is 36.7 Å². The molecule has 0 fully saturated rings. The van der Waals surface area contributed by atoms with Crippen LogP contribution in [0.15, 0.2) is 36.7 Å². The molecule has 23 heavy (non-hydrogen) atoms. The number of pyridine rings is 1. The summed E-state index contributed by atoms with van der Waals surface area (Å²) in [4.78, 5) is 4.25. The van der Waals surface area contributed by atoms with Crippen LogP contribution in [0.4, 0.5) is 0 Å². The van der Waals surface area contributed by atoms with Gasteiger partial charge in [-0.05, 0) is 24.3 Å². The summed E-state index contributed by atoms with van der Waals surface area (Å²) >= 11 is 0. The first-order valence-corrected chi connectivity index (χ1v) is 7.67. The van der Waals surface area contributed by atoms with Gasteiger partial charge in [-0.3, -0.25) is 10.1 Å². The largest absolute Gasteiger partial charge is 0.493 e. The summed E-state index contributed by atoms with van der Waals surface area (Å²) in [6.07, 6.45) is 4.32. The molecule has 0 radical (unpaired) electrons. The summed E-state index contributed by atoms with van der Waals surface area (Å²) in [7, 11) is 0. The second-order valence-electron chi connectivity index (χ2n) is 5.35. The third-order valence-corrected chi connectivity index (χ3v) is 3.72. The van der Waals surface area contributed by atoms with Gasteiger partial charge in [-0.25, -0.2) is 0 Å². The maximum absolute atomic E-state index is 5.80. The van der Waals surface area contributed by atoms with Crippen LogP contribution in [0.2, 0.25) is 0 Å². The average molecular weight is 311 g/mol. The minimum atomic E-state index is 0.496. The van der Waals surface area contributed by atoms with Gasteiger partial charge in [0.2, 0.25) is 0 Å². The number of fused-ring (bicyclic) bond motifs is 4. The number of benzene rings is 1. The van der Waals surface area contributed by atoms with E-state index in [-0.39, 0.29) is 0 Å². The maximum Gasteiger partial charge on any atom is 0.138 e. The van der Waals surface area contributed by atoms with Crippen molar-refractivity contribution < 1.29 is 14.2 Å². The van der Waals surface area contributed by atoms with Gasteiger partial charge in [0, 0.05) is 30.2 Å². The molecule has 1 aliphatic heterocycles. The highest BCUT2D eigenvalue weighted by atomic mass is 16.5. The number of ether oxygens (including phenoxy) is 3. The summed E-state index contributed by atoms with van der Waals surface area (Å²) < 4.78 is 17.0. The van der Waals surface area contributed by atoms with E-state index < -0.39 is 0 Å². The minimum absolute atomic E-state index is 0.496. The molecule has 0 saturated carbocycles. The highest BCUT2D eigenvalue weighted by Gasteiger charge is 2.11. The first-order valence-electron chi connectivity index (χ1n) is 7.67. The molecular weight excluding hydrogens is 294 g/mol. The number of rotatable bonds is 0. The van der Waals surface area contributed by atoms with Gasteiger partial charge in [0.1, 0.15) is 23.8 Å². The van der Waals surface area contributed by atoms with E-state index in [1.807, 2.05) is 24.3 Å².